The van der Waals surface area contributed by atoms with Gasteiger partial charge in [0.05, 0.1) is 29.6 Å². The van der Waals surface area contributed by atoms with Crippen molar-refractivity contribution in [2.24, 2.45) is 17.8 Å². The van der Waals surface area contributed by atoms with E-state index in [-0.39, 0.29) is 49.1 Å². The van der Waals surface area contributed by atoms with Crippen LogP contribution in [0.4, 0.5) is 5.82 Å². The molecular formula is C58H62N4O8-2. The fraction of sp³-hybridized carbons (Fsp3) is 0.414. The van der Waals surface area contributed by atoms with Crippen LogP contribution in [0.2, 0.25) is 0 Å². The van der Waals surface area contributed by atoms with Crippen LogP contribution in [0.15, 0.2) is 84.7 Å². The third kappa shape index (κ3) is 9.73. The summed E-state index contributed by atoms with van der Waals surface area (Å²) in [5.41, 5.74) is 7.15. The Balaban J connectivity index is 1.15. The maximum atomic E-state index is 15.9. The highest BCUT2D eigenvalue weighted by molar-refractivity contribution is 6.05. The smallest absolute Gasteiger partial charge is 0.161 e. The van der Waals surface area contributed by atoms with Crippen LogP contribution in [-0.2, 0) is 41.7 Å². The molecule has 7 N–H and O–H groups in total. The second kappa shape index (κ2) is 20.2. The molecule has 3 aromatic carbocycles. The van der Waals surface area contributed by atoms with Crippen LogP contribution in [-0.4, -0.2) is 86.1 Å². The van der Waals surface area contributed by atoms with Crippen molar-refractivity contribution in [3.8, 4) is 29.1 Å². The number of ether oxygens (including phenoxy) is 1. The number of phenols is 2. The number of nitrogens with zero attached hydrogens (tertiary/aromatic N) is 2. The lowest BCUT2D eigenvalue weighted by Crippen LogP contribution is -2.41. The molecule has 2 aromatic heterocycles. The largest absolute Gasteiger partial charge is 0.664 e. The SMILES string of the molecule is CNCC1C#CC2[N-]c3[nH]ccc3Cc3cc(ccc3CC1O)Cc1cc(cc(OC3CCCC3)c1O)CCC(=O)C(CCO)C(=O)C1C2=Cc2[n-]ccc2C1CC1(O)C=Cc2c(O)cccc2CC1. The van der Waals surface area contributed by atoms with Crippen LogP contribution in [0.5, 0.6) is 17.2 Å². The van der Waals surface area contributed by atoms with Crippen molar-refractivity contribution in [3.63, 3.8) is 0 Å². The number of hydrogen-bond donors (Lipinski definition) is 7. The summed E-state index contributed by atoms with van der Waals surface area (Å²) in [7, 11) is 1.81. The Morgan fingerprint density at radius 1 is 0.914 bits per heavy atom. The highest BCUT2D eigenvalue weighted by atomic mass is 16.5. The number of nitrogens with one attached hydrogen (secondary N) is 2. The van der Waals surface area contributed by atoms with E-state index >= 15 is 4.79 Å². The molecule has 2 aliphatic heterocycles. The molecule has 3 aliphatic carbocycles. The minimum atomic E-state index is -1.46. The Morgan fingerprint density at radius 3 is 2.59 bits per heavy atom. The Kier molecular flexibility index (Phi) is 13.6. The van der Waals surface area contributed by atoms with E-state index in [2.05, 4.69) is 34.3 Å². The number of rotatable bonds is 8. The van der Waals surface area contributed by atoms with Crippen molar-refractivity contribution in [2.45, 2.75) is 113 Å². The summed E-state index contributed by atoms with van der Waals surface area (Å²) in [6, 6.07) is 18.2. The first kappa shape index (κ1) is 47.3. The van der Waals surface area contributed by atoms with Crippen LogP contribution in [0.1, 0.15) is 113 Å². The number of carbonyl (C=O) groups excluding carboxylic acids is 2. The van der Waals surface area contributed by atoms with Gasteiger partial charge in [0.25, 0.3) is 0 Å². The standard InChI is InChI=1S/C58H62N4O8/c1-59-33-39-12-13-48-46-31-49-44(18-23-60-49)47(32-58(69)20-15-36-5-4-8-50(64)43(36)16-21-58)54(46)56(68)45(19-24-63)51(65)14-10-35-27-41(55(67)53(28-35)70-42-6-2-3-7-42)26-34-9-11-37(30-52(39)66)40(25-34)29-38-17-22-61-57(38)62-48/h4-5,8-9,11,16-18,21-23,25,27-28,31,39,42,45,47-48,52,54,59,61,63-64,66-67,69H,2-3,6-7,10,14-15,19-20,24,26,29-30,32-33H2,1H3/q-2. The molecule has 12 heteroatoms. The Hall–Kier alpha value is -6.36. The van der Waals surface area contributed by atoms with Crippen molar-refractivity contribution < 1.29 is 39.9 Å². The highest BCUT2D eigenvalue weighted by Crippen LogP contribution is 2.49. The lowest BCUT2D eigenvalue weighted by atomic mass is 9.65. The van der Waals surface area contributed by atoms with Crippen LogP contribution in [0.25, 0.3) is 17.5 Å². The van der Waals surface area contributed by atoms with Crippen molar-refractivity contribution in [1.82, 2.24) is 15.3 Å². The van der Waals surface area contributed by atoms with E-state index in [9.17, 15) is 30.3 Å². The number of aliphatic hydroxyl groups excluding tert-OH is 2. The minimum Gasteiger partial charge on any atom is -0.664 e. The molecule has 1 saturated carbocycles. The minimum absolute atomic E-state index is 0.0145. The van der Waals surface area contributed by atoms with Gasteiger partial charge in [-0.2, -0.15) is 6.20 Å². The molecule has 5 bridgehead atoms. The molecule has 1 fully saturated rings. The number of H-pyrrole nitrogens is 1. The predicted molar refractivity (Wildman–Crippen MR) is 268 cm³/mol. The Morgan fingerprint density at radius 2 is 1.76 bits per heavy atom. The zero-order valence-electron chi connectivity index (χ0n) is 39.7. The molecular weight excluding hydrogens is 881 g/mol. The van der Waals surface area contributed by atoms with Crippen molar-refractivity contribution in [1.29, 1.82) is 0 Å². The van der Waals surface area contributed by atoms with Crippen molar-refractivity contribution in [2.75, 3.05) is 20.2 Å². The topological polar surface area (TPSA) is 201 Å². The molecule has 70 heavy (non-hydrogen) atoms. The number of aliphatic hydroxyl groups is 3. The van der Waals surface area contributed by atoms with Gasteiger partial charge in [0, 0.05) is 49.1 Å². The summed E-state index contributed by atoms with van der Waals surface area (Å²) in [5.74, 6) is 3.69. The number of aryl methyl sites for hydroxylation is 2. The number of aromatic amines is 1. The van der Waals surface area contributed by atoms with Crippen molar-refractivity contribution >= 4 is 29.5 Å². The molecule has 7 unspecified atom stereocenters. The van der Waals surface area contributed by atoms with Crippen molar-refractivity contribution in [3.05, 3.63) is 146 Å². The van der Waals surface area contributed by atoms with Gasteiger partial charge < -0.3 is 50.9 Å². The van der Waals surface area contributed by atoms with E-state index in [1.54, 1.807) is 30.5 Å². The average molecular weight is 943 g/mol. The monoisotopic (exact) mass is 942 g/mol. The number of Topliss-reactive ketones (excluding diaryl/α,β-unsaturated/α-hetero) is 2. The third-order valence-corrected chi connectivity index (χ3v) is 15.4. The second-order valence-electron chi connectivity index (χ2n) is 20.1. The van der Waals surface area contributed by atoms with Gasteiger partial charge in [-0.15, -0.1) is 5.69 Å². The van der Waals surface area contributed by atoms with Crippen LogP contribution < -0.4 is 15.0 Å². The summed E-state index contributed by atoms with van der Waals surface area (Å²) in [5, 5.41) is 66.7. The zero-order chi connectivity index (χ0) is 48.5. The van der Waals surface area contributed by atoms with E-state index < -0.39 is 53.8 Å². The van der Waals surface area contributed by atoms with E-state index in [4.69, 9.17) is 15.0 Å². The van der Waals surface area contributed by atoms with E-state index in [1.165, 1.54) is 0 Å². The summed E-state index contributed by atoms with van der Waals surface area (Å²) in [4.78, 5) is 39.0. The Labute approximate surface area is 409 Å². The molecule has 0 radical (unpaired) electrons. The van der Waals surface area contributed by atoms with Gasteiger partial charge in [0.1, 0.15) is 11.5 Å². The maximum Gasteiger partial charge on any atom is 0.161 e. The second-order valence-corrected chi connectivity index (χ2v) is 20.1. The summed E-state index contributed by atoms with van der Waals surface area (Å²) >= 11 is 0. The van der Waals surface area contributed by atoms with Crippen LogP contribution >= 0.6 is 0 Å². The first-order valence-electron chi connectivity index (χ1n) is 25.0. The fourth-order valence-corrected chi connectivity index (χ4v) is 11.7. The number of aromatic nitrogens is 2. The van der Waals surface area contributed by atoms with Gasteiger partial charge in [0.2, 0.25) is 0 Å². The van der Waals surface area contributed by atoms with Crippen LogP contribution in [0, 0.1) is 29.6 Å². The molecule has 5 aromatic rings. The number of fused-ring (bicyclic) bond motifs is 8. The van der Waals surface area contributed by atoms with Gasteiger partial charge in [-0.3, -0.25) is 9.59 Å². The number of benzene rings is 3. The molecule has 364 valence electrons. The first-order chi connectivity index (χ1) is 34.0. The van der Waals surface area contributed by atoms with E-state index in [1.807, 2.05) is 55.7 Å². The number of phenolic OH excluding ortho intramolecular Hbond substituents is 2. The van der Waals surface area contributed by atoms with E-state index in [0.29, 0.717) is 72.6 Å². The van der Waals surface area contributed by atoms with Crippen LogP contribution in [0.3, 0.4) is 0 Å². The highest BCUT2D eigenvalue weighted by Gasteiger charge is 2.45. The quantitative estimate of drug-likeness (QED) is 0.0598. The number of hydrogen-bond acceptors (Lipinski definition) is 9. The summed E-state index contributed by atoms with van der Waals surface area (Å²) in [6.07, 6.45) is 13.9. The lowest BCUT2D eigenvalue weighted by Gasteiger charge is -2.42. The Bertz CT molecular complexity index is 2890. The number of ketones is 2. The van der Waals surface area contributed by atoms with Gasteiger partial charge in [0.15, 0.2) is 17.3 Å². The molecule has 0 saturated heterocycles. The normalized spacial score (nSPS) is 25.7. The third-order valence-electron chi connectivity index (χ3n) is 15.4. The van der Waals surface area contributed by atoms with Gasteiger partial charge in [-0.25, -0.2) is 0 Å². The first-order valence-corrected chi connectivity index (χ1v) is 25.0. The van der Waals surface area contributed by atoms with Gasteiger partial charge in [-0.05, 0) is 135 Å². The fourth-order valence-electron chi connectivity index (χ4n) is 11.7. The molecule has 12 nitrogen and oxygen atoms in total. The average Bonchev–Trinajstić information content (AvgIpc) is 4.13. The number of aromatic hydroxyl groups is 2. The lowest BCUT2D eigenvalue weighted by molar-refractivity contribution is -0.135. The van der Waals surface area contributed by atoms with Gasteiger partial charge >= 0.3 is 0 Å². The molecule has 4 heterocycles. The zero-order valence-corrected chi connectivity index (χ0v) is 39.7. The van der Waals surface area contributed by atoms with E-state index in [0.717, 1.165) is 64.6 Å². The number of carbonyl (C=O) groups is 2. The maximum absolute atomic E-state index is 15.9. The molecule has 5 aliphatic rings. The molecule has 10 rings (SSSR count). The molecule has 0 spiro atoms. The molecule has 7 atom stereocenters. The predicted octanol–water partition coefficient (Wildman–Crippen LogP) is 7.68. The van der Waals surface area contributed by atoms with Gasteiger partial charge in [-0.1, -0.05) is 96.2 Å². The summed E-state index contributed by atoms with van der Waals surface area (Å²) < 4.78 is 6.49. The molecule has 0 amide bonds. The summed E-state index contributed by atoms with van der Waals surface area (Å²) in [6.45, 7) is -0.0473.